The maximum Gasteiger partial charge on any atom is 0.338 e. The van der Waals surface area contributed by atoms with Crippen LogP contribution in [0.25, 0.3) is 0 Å². The number of fused-ring (bicyclic) bond motifs is 1. The first-order valence-corrected chi connectivity index (χ1v) is 12.3. The zero-order chi connectivity index (χ0) is 24.6. The minimum atomic E-state index is -0.698. The summed E-state index contributed by atoms with van der Waals surface area (Å²) in [6, 6.07) is 11.2. The van der Waals surface area contributed by atoms with Gasteiger partial charge in [0.05, 0.1) is 33.8 Å². The van der Waals surface area contributed by atoms with Gasteiger partial charge in [0.15, 0.2) is 6.61 Å². The molecule has 4 rings (SSSR count). The van der Waals surface area contributed by atoms with Gasteiger partial charge in [0.25, 0.3) is 5.91 Å². The lowest BCUT2D eigenvalue weighted by Crippen LogP contribution is -2.34. The van der Waals surface area contributed by atoms with Gasteiger partial charge in [-0.1, -0.05) is 15.9 Å². The van der Waals surface area contributed by atoms with Crippen LogP contribution in [0.5, 0.6) is 0 Å². The summed E-state index contributed by atoms with van der Waals surface area (Å²) >= 11 is 15.8. The molecule has 1 saturated carbocycles. The molecule has 0 bridgehead atoms. The molecule has 2 aromatic carbocycles. The third-order valence-electron chi connectivity index (χ3n) is 6.05. The van der Waals surface area contributed by atoms with Gasteiger partial charge >= 0.3 is 5.97 Å². The molecule has 7 nitrogen and oxygen atoms in total. The number of hydrogen-bond donors (Lipinski definition) is 1. The van der Waals surface area contributed by atoms with Gasteiger partial charge in [-0.3, -0.25) is 19.3 Å². The van der Waals surface area contributed by atoms with Crippen molar-refractivity contribution in [2.75, 3.05) is 16.8 Å². The van der Waals surface area contributed by atoms with Crippen molar-refractivity contribution in [3.05, 3.63) is 58.1 Å². The van der Waals surface area contributed by atoms with Gasteiger partial charge in [0, 0.05) is 10.2 Å². The van der Waals surface area contributed by atoms with Crippen molar-refractivity contribution in [1.82, 2.24) is 0 Å². The molecule has 1 N–H and O–H groups in total. The summed E-state index contributed by atoms with van der Waals surface area (Å²) in [6.45, 7) is 1.44. The molecule has 10 heteroatoms. The molecule has 0 unspecified atom stereocenters. The molecular formula is C24H21BrCl2N2O5. The van der Waals surface area contributed by atoms with E-state index in [1.54, 1.807) is 12.1 Å². The van der Waals surface area contributed by atoms with Crippen molar-refractivity contribution >= 4 is 74.2 Å². The number of halogens is 3. The Morgan fingerprint density at radius 1 is 1.03 bits per heavy atom. The number of esters is 1. The highest BCUT2D eigenvalue weighted by atomic mass is 79.9. The first-order valence-electron chi connectivity index (χ1n) is 10.6. The highest BCUT2D eigenvalue weighted by Crippen LogP contribution is 2.43. The van der Waals surface area contributed by atoms with Gasteiger partial charge in [-0.05, 0) is 67.8 Å². The number of amides is 3. The van der Waals surface area contributed by atoms with Crippen LogP contribution in [-0.4, -0.2) is 41.1 Å². The number of nitrogens with one attached hydrogen (secondary N) is 1. The third kappa shape index (κ3) is 4.99. The zero-order valence-electron chi connectivity index (χ0n) is 18.1. The molecule has 0 radical (unpaired) electrons. The van der Waals surface area contributed by atoms with E-state index in [1.165, 1.54) is 24.3 Å². The predicted molar refractivity (Wildman–Crippen MR) is 132 cm³/mol. The molecule has 0 spiro atoms. The van der Waals surface area contributed by atoms with Gasteiger partial charge in [-0.25, -0.2) is 4.79 Å². The number of hydrogen-bond acceptors (Lipinski definition) is 5. The molecule has 1 heterocycles. The van der Waals surface area contributed by atoms with Crippen molar-refractivity contribution in [3.8, 4) is 0 Å². The molecule has 2 fully saturated rings. The second-order valence-electron chi connectivity index (χ2n) is 8.36. The maximum absolute atomic E-state index is 12.9. The van der Waals surface area contributed by atoms with Gasteiger partial charge in [-0.2, -0.15) is 0 Å². The van der Waals surface area contributed by atoms with Gasteiger partial charge in [-0.15, -0.1) is 23.2 Å². The van der Waals surface area contributed by atoms with Crippen LogP contribution in [0.4, 0.5) is 11.4 Å². The van der Waals surface area contributed by atoms with Crippen molar-refractivity contribution in [2.45, 2.75) is 30.5 Å². The van der Waals surface area contributed by atoms with E-state index in [0.717, 1.165) is 14.9 Å². The fourth-order valence-electron chi connectivity index (χ4n) is 4.23. The Morgan fingerprint density at radius 3 is 2.18 bits per heavy atom. The summed E-state index contributed by atoms with van der Waals surface area (Å²) in [7, 11) is 0. The lowest BCUT2D eigenvalue weighted by atomic mass is 9.80. The number of benzene rings is 2. The van der Waals surface area contributed by atoms with E-state index >= 15 is 0 Å². The third-order valence-corrected chi connectivity index (χ3v) is 8.03. The zero-order valence-corrected chi connectivity index (χ0v) is 21.2. The SMILES string of the molecule is Cc1cc(NC(=O)COC(=O)c2ccc(N3C(=O)[C@H]4C[C@@H](Cl)[C@@H](Cl)C[C@H]4C3=O)cc2)ccc1Br. The molecule has 1 aliphatic carbocycles. The number of carbonyl (C=O) groups excluding carboxylic acids is 4. The lowest BCUT2D eigenvalue weighted by molar-refractivity contribution is -0.122. The van der Waals surface area contributed by atoms with E-state index in [9.17, 15) is 19.2 Å². The summed E-state index contributed by atoms with van der Waals surface area (Å²) in [5.74, 6) is -2.75. The van der Waals surface area contributed by atoms with E-state index in [0.29, 0.717) is 24.2 Å². The standard InChI is InChI=1S/C24H21BrCl2N2O5/c1-12-8-14(4-7-18(12)25)28-21(30)11-34-24(33)13-2-5-15(6-3-13)29-22(31)16-9-19(26)20(27)10-17(16)23(29)32/h2-8,16-17,19-20H,9-11H2,1H3,(H,28,30)/t16-,17+,19+,20-. The number of nitrogens with zero attached hydrogens (tertiary/aromatic N) is 1. The Morgan fingerprint density at radius 2 is 1.62 bits per heavy atom. The monoisotopic (exact) mass is 566 g/mol. The first kappa shape index (κ1) is 24.7. The normalized spacial score (nSPS) is 24.1. The molecule has 1 aliphatic heterocycles. The molecule has 34 heavy (non-hydrogen) atoms. The minimum absolute atomic E-state index is 0.189. The Bertz CT molecular complexity index is 1130. The summed E-state index contributed by atoms with van der Waals surface area (Å²) in [6.07, 6.45) is 0.710. The van der Waals surface area contributed by atoms with E-state index in [2.05, 4.69) is 21.2 Å². The number of ether oxygens (including phenoxy) is 1. The number of rotatable bonds is 5. The Labute approximate surface area is 214 Å². The summed E-state index contributed by atoms with van der Waals surface area (Å²) in [5.41, 5.74) is 2.09. The van der Waals surface area contributed by atoms with Gasteiger partial charge in [0.2, 0.25) is 11.8 Å². The molecule has 1 saturated heterocycles. The molecule has 178 valence electrons. The van der Waals surface area contributed by atoms with Crippen LogP contribution in [0.2, 0.25) is 0 Å². The van der Waals surface area contributed by atoms with Gasteiger partial charge < -0.3 is 10.1 Å². The smallest absolute Gasteiger partial charge is 0.338 e. The van der Waals surface area contributed by atoms with Crippen LogP contribution in [0, 0.1) is 18.8 Å². The molecule has 2 aliphatic rings. The van der Waals surface area contributed by atoms with Crippen LogP contribution < -0.4 is 10.2 Å². The second-order valence-corrected chi connectivity index (χ2v) is 10.3. The largest absolute Gasteiger partial charge is 0.452 e. The molecule has 0 aromatic heterocycles. The number of aryl methyl sites for hydroxylation is 1. The lowest BCUT2D eigenvalue weighted by Gasteiger charge is -2.28. The Balaban J connectivity index is 1.36. The number of anilines is 2. The number of carbonyl (C=O) groups is 4. The van der Waals surface area contributed by atoms with Crippen LogP contribution in [0.15, 0.2) is 46.9 Å². The van der Waals surface area contributed by atoms with E-state index in [1.807, 2.05) is 13.0 Å². The van der Waals surface area contributed by atoms with Crippen LogP contribution in [0.1, 0.15) is 28.8 Å². The molecular weight excluding hydrogens is 547 g/mol. The molecule has 3 amide bonds. The van der Waals surface area contributed by atoms with Crippen LogP contribution in [-0.2, 0) is 19.1 Å². The number of imide groups is 1. The fraction of sp³-hybridized carbons (Fsp3) is 0.333. The predicted octanol–water partition coefficient (Wildman–Crippen LogP) is 4.67. The topological polar surface area (TPSA) is 92.8 Å². The maximum atomic E-state index is 12.9. The average molecular weight is 568 g/mol. The van der Waals surface area contributed by atoms with Crippen molar-refractivity contribution < 1.29 is 23.9 Å². The van der Waals surface area contributed by atoms with Crippen molar-refractivity contribution in [2.24, 2.45) is 11.8 Å². The van der Waals surface area contributed by atoms with Crippen molar-refractivity contribution in [3.63, 3.8) is 0 Å². The average Bonchev–Trinajstić information content (AvgIpc) is 3.04. The number of alkyl halides is 2. The quantitative estimate of drug-likeness (QED) is 0.322. The highest BCUT2D eigenvalue weighted by Gasteiger charge is 2.52. The van der Waals surface area contributed by atoms with Gasteiger partial charge in [0.1, 0.15) is 0 Å². The highest BCUT2D eigenvalue weighted by molar-refractivity contribution is 9.10. The molecule has 4 atom stereocenters. The second kappa shape index (κ2) is 10.1. The minimum Gasteiger partial charge on any atom is -0.452 e. The van der Waals surface area contributed by atoms with Crippen molar-refractivity contribution in [1.29, 1.82) is 0 Å². The van der Waals surface area contributed by atoms with Crippen LogP contribution >= 0.6 is 39.1 Å². The van der Waals surface area contributed by atoms with E-state index in [-0.39, 0.29) is 28.1 Å². The van der Waals surface area contributed by atoms with E-state index < -0.39 is 30.3 Å². The summed E-state index contributed by atoms with van der Waals surface area (Å²) < 4.78 is 6.01. The van der Waals surface area contributed by atoms with E-state index in [4.69, 9.17) is 27.9 Å². The van der Waals surface area contributed by atoms with Crippen LogP contribution in [0.3, 0.4) is 0 Å². The summed E-state index contributed by atoms with van der Waals surface area (Å²) in [4.78, 5) is 51.3. The Kier molecular flexibility index (Phi) is 7.31. The molecule has 2 aromatic rings. The fourth-order valence-corrected chi connectivity index (χ4v) is 5.07. The first-order chi connectivity index (χ1) is 16.2. The summed E-state index contributed by atoms with van der Waals surface area (Å²) in [5, 5.41) is 1.95. The Hall–Kier alpha value is -2.42.